The van der Waals surface area contributed by atoms with Crippen LogP contribution in [0.25, 0.3) is 22.2 Å². The van der Waals surface area contributed by atoms with E-state index in [4.69, 9.17) is 9.72 Å². The van der Waals surface area contributed by atoms with Crippen molar-refractivity contribution in [3.05, 3.63) is 95.6 Å². The topological polar surface area (TPSA) is 93.6 Å². The SMILES string of the molecule is Cc1ccc(C(=O)C(C)OC(=O)c2cc(-c3ccc(N4C(=O)C5CCCCC5C4=O)cc3)nc3ccccc23)cc1. The molecular weight excluding hydrogens is 516 g/mol. The summed E-state index contributed by atoms with van der Waals surface area (Å²) in [6.45, 7) is 3.51. The molecule has 1 aromatic heterocycles. The number of amides is 2. The minimum Gasteiger partial charge on any atom is -0.451 e. The molecule has 2 fully saturated rings. The first-order chi connectivity index (χ1) is 19.8. The van der Waals surface area contributed by atoms with E-state index >= 15 is 0 Å². The molecule has 2 heterocycles. The van der Waals surface area contributed by atoms with Gasteiger partial charge in [0.1, 0.15) is 0 Å². The third-order valence-electron chi connectivity index (χ3n) is 8.19. The standard InChI is InChI=1S/C34H30N2O5/c1-20-11-13-23(14-12-20)31(37)21(2)41-34(40)28-19-30(35-29-10-6-5-7-25(28)29)22-15-17-24(18-16-22)36-32(38)26-8-3-4-9-27(26)33(36)39/h5-7,10-19,21,26-27H,3-4,8-9H2,1-2H3. The summed E-state index contributed by atoms with van der Waals surface area (Å²) in [5.74, 6) is -1.56. The lowest BCUT2D eigenvalue weighted by atomic mass is 9.81. The normalized spacial score (nSPS) is 19.2. The Morgan fingerprint density at radius 2 is 1.51 bits per heavy atom. The Balaban J connectivity index is 1.28. The summed E-state index contributed by atoms with van der Waals surface area (Å²) in [4.78, 5) is 58.4. The number of imide groups is 1. The Labute approximate surface area is 238 Å². The van der Waals surface area contributed by atoms with Crippen LogP contribution in [0.3, 0.4) is 0 Å². The smallest absolute Gasteiger partial charge is 0.339 e. The second-order valence-electron chi connectivity index (χ2n) is 10.9. The van der Waals surface area contributed by atoms with Crippen LogP contribution in [0, 0.1) is 18.8 Å². The zero-order valence-corrected chi connectivity index (χ0v) is 23.0. The summed E-state index contributed by atoms with van der Waals surface area (Å²) in [6.07, 6.45) is 2.51. The van der Waals surface area contributed by atoms with Crippen LogP contribution in [0.5, 0.6) is 0 Å². The van der Waals surface area contributed by atoms with Gasteiger partial charge in [-0.15, -0.1) is 0 Å². The van der Waals surface area contributed by atoms with Crippen molar-refractivity contribution < 1.29 is 23.9 Å². The maximum atomic E-state index is 13.4. The van der Waals surface area contributed by atoms with Crippen molar-refractivity contribution in [3.8, 4) is 11.3 Å². The fourth-order valence-electron chi connectivity index (χ4n) is 5.92. The van der Waals surface area contributed by atoms with Gasteiger partial charge in [0, 0.05) is 16.5 Å². The summed E-state index contributed by atoms with van der Waals surface area (Å²) in [6, 6.07) is 23.2. The molecule has 3 aromatic carbocycles. The average Bonchev–Trinajstić information content (AvgIpc) is 3.26. The first-order valence-corrected chi connectivity index (χ1v) is 14.0. The van der Waals surface area contributed by atoms with Crippen molar-refractivity contribution in [2.24, 2.45) is 11.8 Å². The monoisotopic (exact) mass is 546 g/mol. The third kappa shape index (κ3) is 4.92. The van der Waals surface area contributed by atoms with E-state index in [1.165, 1.54) is 4.90 Å². The molecule has 4 aromatic rings. The zero-order valence-electron chi connectivity index (χ0n) is 23.0. The Morgan fingerprint density at radius 1 is 0.878 bits per heavy atom. The lowest BCUT2D eigenvalue weighted by Crippen LogP contribution is -2.30. The van der Waals surface area contributed by atoms with Gasteiger partial charge in [0.05, 0.1) is 34.3 Å². The van der Waals surface area contributed by atoms with Crippen LogP contribution in [0.2, 0.25) is 0 Å². The van der Waals surface area contributed by atoms with Crippen LogP contribution < -0.4 is 4.90 Å². The van der Waals surface area contributed by atoms with Gasteiger partial charge in [-0.05, 0) is 51.0 Å². The molecule has 3 atom stereocenters. The highest BCUT2D eigenvalue weighted by Crippen LogP contribution is 2.40. The number of ether oxygens (including phenoxy) is 1. The number of hydrogen-bond donors (Lipinski definition) is 0. The Kier molecular flexibility index (Phi) is 6.95. The second kappa shape index (κ2) is 10.7. The molecule has 206 valence electrons. The van der Waals surface area contributed by atoms with Crippen LogP contribution in [-0.4, -0.2) is 34.7 Å². The number of anilines is 1. The number of carbonyl (C=O) groups is 4. The first-order valence-electron chi connectivity index (χ1n) is 14.0. The van der Waals surface area contributed by atoms with E-state index < -0.39 is 12.1 Å². The van der Waals surface area contributed by atoms with Gasteiger partial charge in [-0.1, -0.05) is 73.0 Å². The molecule has 0 spiro atoms. The number of aromatic nitrogens is 1. The number of pyridine rings is 1. The van der Waals surface area contributed by atoms with Gasteiger partial charge in [0.2, 0.25) is 17.6 Å². The average molecular weight is 547 g/mol. The fourth-order valence-corrected chi connectivity index (χ4v) is 5.92. The lowest BCUT2D eigenvalue weighted by Gasteiger charge is -2.19. The molecule has 2 amide bonds. The predicted molar refractivity (Wildman–Crippen MR) is 156 cm³/mol. The second-order valence-corrected chi connectivity index (χ2v) is 10.9. The van der Waals surface area contributed by atoms with Crippen molar-refractivity contribution in [2.45, 2.75) is 45.6 Å². The Bertz CT molecular complexity index is 1650. The van der Waals surface area contributed by atoms with Gasteiger partial charge >= 0.3 is 5.97 Å². The molecule has 41 heavy (non-hydrogen) atoms. The Morgan fingerprint density at radius 3 is 2.17 bits per heavy atom. The van der Waals surface area contributed by atoms with E-state index in [2.05, 4.69) is 0 Å². The zero-order chi connectivity index (χ0) is 28.7. The molecule has 2 aliphatic rings. The number of esters is 1. The van der Waals surface area contributed by atoms with Crippen molar-refractivity contribution in [3.63, 3.8) is 0 Å². The summed E-state index contributed by atoms with van der Waals surface area (Å²) in [5, 5.41) is 0.615. The molecule has 1 saturated carbocycles. The van der Waals surface area contributed by atoms with E-state index in [1.54, 1.807) is 55.5 Å². The molecule has 0 N–H and O–H groups in total. The molecule has 7 nitrogen and oxygen atoms in total. The quantitative estimate of drug-likeness (QED) is 0.160. The maximum absolute atomic E-state index is 13.4. The number of nitrogens with zero attached hydrogens (tertiary/aromatic N) is 2. The minimum atomic E-state index is -0.973. The van der Waals surface area contributed by atoms with Crippen LogP contribution in [0.4, 0.5) is 5.69 Å². The third-order valence-corrected chi connectivity index (χ3v) is 8.19. The van der Waals surface area contributed by atoms with E-state index in [-0.39, 0.29) is 29.4 Å². The summed E-state index contributed by atoms with van der Waals surface area (Å²) in [5.41, 5.74) is 4.21. The molecule has 0 radical (unpaired) electrons. The fraction of sp³-hybridized carbons (Fsp3) is 0.265. The number of para-hydroxylation sites is 1. The predicted octanol–water partition coefficient (Wildman–Crippen LogP) is 6.32. The van der Waals surface area contributed by atoms with Crippen molar-refractivity contribution in [2.75, 3.05) is 4.90 Å². The Hall–Kier alpha value is -4.65. The summed E-state index contributed by atoms with van der Waals surface area (Å²) < 4.78 is 5.64. The largest absolute Gasteiger partial charge is 0.451 e. The van der Waals surface area contributed by atoms with Crippen LogP contribution in [0.1, 0.15) is 58.9 Å². The number of fused-ring (bicyclic) bond motifs is 2. The van der Waals surface area contributed by atoms with Crippen LogP contribution >= 0.6 is 0 Å². The molecule has 3 unspecified atom stereocenters. The van der Waals surface area contributed by atoms with Crippen molar-refractivity contribution in [1.82, 2.24) is 4.98 Å². The van der Waals surface area contributed by atoms with Gasteiger partial charge in [0.15, 0.2) is 6.10 Å². The number of carbonyl (C=O) groups excluding carboxylic acids is 4. The van der Waals surface area contributed by atoms with Gasteiger partial charge in [-0.25, -0.2) is 9.78 Å². The maximum Gasteiger partial charge on any atom is 0.339 e. The molecule has 6 rings (SSSR count). The van der Waals surface area contributed by atoms with E-state index in [0.29, 0.717) is 39.0 Å². The number of ketones is 1. The van der Waals surface area contributed by atoms with Crippen LogP contribution in [0.15, 0.2) is 78.9 Å². The molecule has 1 aliphatic carbocycles. The van der Waals surface area contributed by atoms with Gasteiger partial charge in [0.25, 0.3) is 0 Å². The highest BCUT2D eigenvalue weighted by Gasteiger charge is 2.48. The van der Waals surface area contributed by atoms with E-state index in [0.717, 1.165) is 31.2 Å². The van der Waals surface area contributed by atoms with Gasteiger partial charge < -0.3 is 4.74 Å². The van der Waals surface area contributed by atoms with Gasteiger partial charge in [-0.2, -0.15) is 0 Å². The van der Waals surface area contributed by atoms with Crippen LogP contribution in [-0.2, 0) is 14.3 Å². The van der Waals surface area contributed by atoms with E-state index in [9.17, 15) is 19.2 Å². The highest BCUT2D eigenvalue weighted by atomic mass is 16.5. The number of rotatable bonds is 6. The number of benzene rings is 3. The summed E-state index contributed by atoms with van der Waals surface area (Å²) >= 11 is 0. The van der Waals surface area contributed by atoms with Crippen molar-refractivity contribution >= 4 is 40.2 Å². The molecule has 1 aliphatic heterocycles. The number of Topliss-reactive ketones (excluding diaryl/α,β-unsaturated/α-hetero) is 1. The lowest BCUT2D eigenvalue weighted by molar-refractivity contribution is -0.122. The molecule has 7 heteroatoms. The number of aryl methyl sites for hydroxylation is 1. The van der Waals surface area contributed by atoms with Crippen molar-refractivity contribution in [1.29, 1.82) is 0 Å². The number of hydrogen-bond acceptors (Lipinski definition) is 6. The highest BCUT2D eigenvalue weighted by molar-refractivity contribution is 6.22. The molecule has 0 bridgehead atoms. The molecular formula is C34H30N2O5. The molecule has 1 saturated heterocycles. The summed E-state index contributed by atoms with van der Waals surface area (Å²) in [7, 11) is 0. The first kappa shape index (κ1) is 26.6. The van der Waals surface area contributed by atoms with Gasteiger partial charge in [-0.3, -0.25) is 19.3 Å². The minimum absolute atomic E-state index is 0.115. The van der Waals surface area contributed by atoms with E-state index in [1.807, 2.05) is 37.3 Å².